The SMILES string of the molecule is CCOC(=O)c1c(NC(=O)c2c(C)c(-c3ccccc3)nc3ccccc23)sc2c1CCC(C)C2. The van der Waals surface area contributed by atoms with E-state index >= 15 is 0 Å². The van der Waals surface area contributed by atoms with Crippen molar-refractivity contribution < 1.29 is 14.3 Å². The quantitative estimate of drug-likeness (QED) is 0.315. The molecule has 6 heteroatoms. The second-order valence-electron chi connectivity index (χ2n) is 9.07. The van der Waals surface area contributed by atoms with Gasteiger partial charge in [0, 0.05) is 15.8 Å². The number of fused-ring (bicyclic) bond motifs is 2. The maximum absolute atomic E-state index is 13.9. The van der Waals surface area contributed by atoms with E-state index in [4.69, 9.17) is 9.72 Å². The van der Waals surface area contributed by atoms with E-state index in [2.05, 4.69) is 12.2 Å². The number of nitrogens with one attached hydrogen (secondary N) is 1. The number of nitrogens with zero attached hydrogens (tertiary/aromatic N) is 1. The van der Waals surface area contributed by atoms with Gasteiger partial charge in [0.05, 0.1) is 28.9 Å². The molecule has 2 heterocycles. The molecule has 5 rings (SSSR count). The number of carbonyl (C=O) groups excluding carboxylic acids is 2. The first-order chi connectivity index (χ1) is 17.0. The van der Waals surface area contributed by atoms with Gasteiger partial charge in [-0.1, -0.05) is 55.5 Å². The number of ether oxygens (including phenoxy) is 1. The van der Waals surface area contributed by atoms with E-state index in [1.807, 2.05) is 61.5 Å². The van der Waals surface area contributed by atoms with E-state index in [1.54, 1.807) is 6.92 Å². The number of thiophene rings is 1. The fourth-order valence-electron chi connectivity index (χ4n) is 4.90. The van der Waals surface area contributed by atoms with E-state index in [0.29, 0.717) is 28.7 Å². The zero-order valence-corrected chi connectivity index (χ0v) is 21.0. The van der Waals surface area contributed by atoms with Crippen molar-refractivity contribution in [1.82, 2.24) is 4.98 Å². The molecule has 0 aliphatic heterocycles. The van der Waals surface area contributed by atoms with Gasteiger partial charge in [-0.2, -0.15) is 0 Å². The second-order valence-corrected chi connectivity index (χ2v) is 10.2. The van der Waals surface area contributed by atoms with Gasteiger partial charge < -0.3 is 10.1 Å². The van der Waals surface area contributed by atoms with Crippen molar-refractivity contribution in [2.45, 2.75) is 40.0 Å². The van der Waals surface area contributed by atoms with Crippen LogP contribution in [0.4, 0.5) is 5.00 Å². The number of anilines is 1. The fraction of sp³-hybridized carbons (Fsp3) is 0.276. The second kappa shape index (κ2) is 9.62. The molecule has 2 aromatic heterocycles. The summed E-state index contributed by atoms with van der Waals surface area (Å²) in [7, 11) is 0. The number of rotatable bonds is 5. The number of hydrogen-bond donors (Lipinski definition) is 1. The smallest absolute Gasteiger partial charge is 0.341 e. The van der Waals surface area contributed by atoms with Crippen LogP contribution in [0.5, 0.6) is 0 Å². The van der Waals surface area contributed by atoms with Gasteiger partial charge in [-0.25, -0.2) is 9.78 Å². The third-order valence-electron chi connectivity index (χ3n) is 6.63. The predicted molar refractivity (Wildman–Crippen MR) is 141 cm³/mol. The molecule has 1 atom stereocenters. The number of aromatic nitrogens is 1. The predicted octanol–water partition coefficient (Wildman–Crippen LogP) is 6.83. The van der Waals surface area contributed by atoms with Gasteiger partial charge in [-0.15, -0.1) is 11.3 Å². The van der Waals surface area contributed by atoms with Gasteiger partial charge in [0.25, 0.3) is 5.91 Å². The van der Waals surface area contributed by atoms with E-state index in [0.717, 1.165) is 52.5 Å². The van der Waals surface area contributed by atoms with Crippen molar-refractivity contribution in [3.8, 4) is 11.3 Å². The summed E-state index contributed by atoms with van der Waals surface area (Å²) >= 11 is 1.51. The average molecular weight is 485 g/mol. The maximum atomic E-state index is 13.9. The van der Waals surface area contributed by atoms with Crippen LogP contribution in [0.25, 0.3) is 22.2 Å². The number of pyridine rings is 1. The van der Waals surface area contributed by atoms with Crippen LogP contribution in [0.1, 0.15) is 57.0 Å². The molecule has 1 aliphatic rings. The summed E-state index contributed by atoms with van der Waals surface area (Å²) in [5.41, 5.74) is 5.42. The Balaban J connectivity index is 1.62. The molecule has 1 unspecified atom stereocenters. The minimum absolute atomic E-state index is 0.240. The summed E-state index contributed by atoms with van der Waals surface area (Å²) in [6.07, 6.45) is 2.77. The highest BCUT2D eigenvalue weighted by molar-refractivity contribution is 7.17. The van der Waals surface area contributed by atoms with E-state index in [1.165, 1.54) is 16.2 Å². The highest BCUT2D eigenvalue weighted by Crippen LogP contribution is 2.41. The van der Waals surface area contributed by atoms with E-state index < -0.39 is 0 Å². The number of carbonyl (C=O) groups is 2. The summed E-state index contributed by atoms with van der Waals surface area (Å²) in [6.45, 7) is 6.25. The summed E-state index contributed by atoms with van der Waals surface area (Å²) < 4.78 is 5.38. The Morgan fingerprint density at radius 3 is 2.60 bits per heavy atom. The first-order valence-electron chi connectivity index (χ1n) is 12.1. The largest absolute Gasteiger partial charge is 0.462 e. The van der Waals surface area contributed by atoms with Crippen molar-refractivity contribution in [2.75, 3.05) is 11.9 Å². The Labute approximate surface area is 209 Å². The van der Waals surface area contributed by atoms with Crippen LogP contribution in [0.3, 0.4) is 0 Å². The monoisotopic (exact) mass is 484 g/mol. The molecule has 0 bridgehead atoms. The minimum Gasteiger partial charge on any atom is -0.462 e. The van der Waals surface area contributed by atoms with Crippen LogP contribution in [0, 0.1) is 12.8 Å². The molecule has 0 spiro atoms. The number of hydrogen-bond acceptors (Lipinski definition) is 5. The van der Waals surface area contributed by atoms with Gasteiger partial charge in [-0.05, 0) is 56.2 Å². The lowest BCUT2D eigenvalue weighted by atomic mass is 9.88. The highest BCUT2D eigenvalue weighted by Gasteiger charge is 2.30. The molecule has 0 radical (unpaired) electrons. The zero-order valence-electron chi connectivity index (χ0n) is 20.2. The van der Waals surface area contributed by atoms with Crippen molar-refractivity contribution in [1.29, 1.82) is 0 Å². The number of para-hydroxylation sites is 1. The molecule has 1 amide bonds. The van der Waals surface area contributed by atoms with Crippen LogP contribution in [-0.4, -0.2) is 23.5 Å². The van der Waals surface area contributed by atoms with Crippen molar-refractivity contribution >= 4 is 39.1 Å². The Bertz CT molecular complexity index is 1430. The molecule has 0 saturated heterocycles. The Morgan fingerprint density at radius 2 is 1.83 bits per heavy atom. The zero-order chi connectivity index (χ0) is 24.5. The topological polar surface area (TPSA) is 68.3 Å². The maximum Gasteiger partial charge on any atom is 0.341 e. The third kappa shape index (κ3) is 4.34. The van der Waals surface area contributed by atoms with Crippen molar-refractivity contribution in [2.24, 2.45) is 5.92 Å². The number of esters is 1. The molecule has 1 N–H and O–H groups in total. The normalized spacial score (nSPS) is 15.0. The van der Waals surface area contributed by atoms with Crippen LogP contribution in [0.2, 0.25) is 0 Å². The molecule has 2 aromatic carbocycles. The first-order valence-corrected chi connectivity index (χ1v) is 12.9. The van der Waals surface area contributed by atoms with Crippen molar-refractivity contribution in [3.63, 3.8) is 0 Å². The average Bonchev–Trinajstić information content (AvgIpc) is 3.21. The molecule has 4 aromatic rings. The molecule has 35 heavy (non-hydrogen) atoms. The Morgan fingerprint density at radius 1 is 1.09 bits per heavy atom. The molecule has 178 valence electrons. The van der Waals surface area contributed by atoms with Gasteiger partial charge in [0.15, 0.2) is 0 Å². The summed E-state index contributed by atoms with van der Waals surface area (Å²) in [4.78, 5) is 32.8. The summed E-state index contributed by atoms with van der Waals surface area (Å²) in [5, 5.41) is 4.47. The lowest BCUT2D eigenvalue weighted by Crippen LogP contribution is -2.18. The summed E-state index contributed by atoms with van der Waals surface area (Å²) in [5.74, 6) is -0.0498. The van der Waals surface area contributed by atoms with Gasteiger partial charge in [0.2, 0.25) is 0 Å². The molecule has 0 saturated carbocycles. The Kier molecular flexibility index (Phi) is 6.39. The van der Waals surface area contributed by atoms with Crippen molar-refractivity contribution in [3.05, 3.63) is 81.7 Å². The van der Waals surface area contributed by atoms with Crippen LogP contribution < -0.4 is 5.32 Å². The molecule has 0 fully saturated rings. The molecular formula is C29H28N2O3S. The minimum atomic E-state index is -0.365. The lowest BCUT2D eigenvalue weighted by molar-refractivity contribution is 0.0526. The standard InChI is InChI=1S/C29H28N2O3S/c1-4-34-29(33)25-21-15-14-17(2)16-23(21)35-28(25)31-27(32)24-18(3)26(19-10-6-5-7-11-19)30-22-13-9-8-12-20(22)24/h5-13,17H,4,14-16H2,1-3H3,(H,31,32). The van der Waals surface area contributed by atoms with Crippen LogP contribution in [0.15, 0.2) is 54.6 Å². The molecular weight excluding hydrogens is 456 g/mol. The van der Waals surface area contributed by atoms with Gasteiger partial charge in [-0.3, -0.25) is 4.79 Å². The highest BCUT2D eigenvalue weighted by atomic mass is 32.1. The lowest BCUT2D eigenvalue weighted by Gasteiger charge is -2.18. The van der Waals surface area contributed by atoms with Crippen LogP contribution in [-0.2, 0) is 17.6 Å². The summed E-state index contributed by atoms with van der Waals surface area (Å²) in [6, 6.07) is 17.6. The van der Waals surface area contributed by atoms with Crippen LogP contribution >= 0.6 is 11.3 Å². The molecule has 1 aliphatic carbocycles. The number of benzene rings is 2. The molecule has 5 nitrogen and oxygen atoms in total. The first kappa shape index (κ1) is 23.2. The number of amides is 1. The van der Waals surface area contributed by atoms with E-state index in [-0.39, 0.29) is 11.9 Å². The fourth-order valence-corrected chi connectivity index (χ4v) is 6.29. The van der Waals surface area contributed by atoms with Gasteiger partial charge >= 0.3 is 5.97 Å². The third-order valence-corrected chi connectivity index (χ3v) is 7.80. The Hall–Kier alpha value is -3.51. The van der Waals surface area contributed by atoms with E-state index in [9.17, 15) is 9.59 Å². The van der Waals surface area contributed by atoms with Gasteiger partial charge in [0.1, 0.15) is 5.00 Å².